The zero-order valence-corrected chi connectivity index (χ0v) is 27.5. The Kier molecular flexibility index (Phi) is 7.92. The van der Waals surface area contributed by atoms with Crippen LogP contribution in [0.2, 0.25) is 0 Å². The summed E-state index contributed by atoms with van der Waals surface area (Å²) in [6.07, 6.45) is 6.56. The van der Waals surface area contributed by atoms with Crippen molar-refractivity contribution >= 4 is 60.6 Å². The van der Waals surface area contributed by atoms with Crippen LogP contribution in [0.5, 0.6) is 0 Å². The number of benzene rings is 7. The van der Waals surface area contributed by atoms with Crippen molar-refractivity contribution in [2.45, 2.75) is 19.5 Å². The van der Waals surface area contributed by atoms with E-state index in [1.54, 1.807) is 0 Å². The van der Waals surface area contributed by atoms with Crippen molar-refractivity contribution in [2.24, 2.45) is 5.73 Å². The number of hydrogen-bond donors (Lipinski definition) is 4. The highest BCUT2D eigenvalue weighted by atomic mass is 15.1. The van der Waals surface area contributed by atoms with Gasteiger partial charge in [0.05, 0.1) is 5.69 Å². The number of aromatic nitrogens is 1. The van der Waals surface area contributed by atoms with Crippen LogP contribution >= 0.6 is 0 Å². The molecule has 49 heavy (non-hydrogen) atoms. The average molecular weight is 635 g/mol. The molecule has 8 rings (SSSR count). The van der Waals surface area contributed by atoms with Gasteiger partial charge in [0.25, 0.3) is 0 Å². The molecule has 4 heteroatoms. The first-order valence-corrected chi connectivity index (χ1v) is 16.8. The number of fused-ring (bicyclic) bond motifs is 6. The van der Waals surface area contributed by atoms with Crippen LogP contribution < -0.4 is 16.8 Å². The zero-order valence-electron chi connectivity index (χ0n) is 27.5. The first-order chi connectivity index (χ1) is 24.1. The van der Waals surface area contributed by atoms with E-state index in [0.29, 0.717) is 0 Å². The summed E-state index contributed by atoms with van der Waals surface area (Å²) in [7, 11) is 0. The molecule has 6 N–H and O–H groups in total. The highest BCUT2D eigenvalue weighted by Crippen LogP contribution is 2.34. The third-order valence-electron chi connectivity index (χ3n) is 9.54. The molecule has 0 bridgehead atoms. The number of nitrogen functional groups attached to an aromatic ring is 1. The molecule has 0 radical (unpaired) electrons. The summed E-state index contributed by atoms with van der Waals surface area (Å²) < 4.78 is 0. The van der Waals surface area contributed by atoms with Gasteiger partial charge in [0.2, 0.25) is 0 Å². The summed E-state index contributed by atoms with van der Waals surface area (Å²) in [5.74, 6) is 0. The van der Waals surface area contributed by atoms with Crippen molar-refractivity contribution in [2.75, 3.05) is 5.73 Å². The lowest BCUT2D eigenvalue weighted by Crippen LogP contribution is -2.28. The molecule has 0 amide bonds. The Morgan fingerprint density at radius 2 is 1.29 bits per heavy atom. The molecule has 0 fully saturated rings. The summed E-state index contributed by atoms with van der Waals surface area (Å²) >= 11 is 0. The van der Waals surface area contributed by atoms with Gasteiger partial charge < -0.3 is 21.8 Å². The Bertz CT molecular complexity index is 2550. The van der Waals surface area contributed by atoms with Gasteiger partial charge in [-0.05, 0) is 97.4 Å². The number of anilines is 1. The maximum absolute atomic E-state index is 6.99. The summed E-state index contributed by atoms with van der Waals surface area (Å²) in [5, 5.41) is 13.6. The van der Waals surface area contributed by atoms with Crippen molar-refractivity contribution in [1.29, 1.82) is 0 Å². The molecule has 4 nitrogen and oxygen atoms in total. The van der Waals surface area contributed by atoms with E-state index in [4.69, 9.17) is 11.5 Å². The number of allylic oxidation sites excluding steroid dienone is 2. The van der Waals surface area contributed by atoms with Crippen molar-refractivity contribution in [3.63, 3.8) is 0 Å². The molecule has 1 aromatic heterocycles. The molecule has 0 aliphatic rings. The highest BCUT2D eigenvalue weighted by Gasteiger charge is 2.16. The lowest BCUT2D eigenvalue weighted by atomic mass is 9.93. The van der Waals surface area contributed by atoms with Gasteiger partial charge >= 0.3 is 0 Å². The Hall–Kier alpha value is -6.10. The van der Waals surface area contributed by atoms with Gasteiger partial charge in [-0.1, -0.05) is 133 Å². The number of hydrogen-bond acceptors (Lipinski definition) is 3. The topological polar surface area (TPSA) is 79.9 Å². The summed E-state index contributed by atoms with van der Waals surface area (Å²) in [5.41, 5.74) is 21.4. The molecule has 0 saturated heterocycles. The van der Waals surface area contributed by atoms with Gasteiger partial charge in [0.15, 0.2) is 0 Å². The summed E-state index contributed by atoms with van der Waals surface area (Å²) in [6, 6.07) is 49.4. The second kappa shape index (κ2) is 12.8. The van der Waals surface area contributed by atoms with Crippen LogP contribution in [0.15, 0.2) is 152 Å². The number of nitrogens with two attached hydrogens (primary N) is 2. The standard InChI is InChI=1S/C45H38N4/c1-2-11-29-20-21-33(28-41(29)46)42-24-25-44(48-42)45(47)49-43(40-27-31-13-4-6-15-35(31)38-18-9-10-19-39(38)40)23-22-32-26-30-12-3-5-14-34(30)37-17-8-7-16-36(32)37/h2-21,23-28,45,48-49H,22,46-47H2,1H3/b11-2-,43-23-. The molecule has 1 unspecified atom stereocenters. The van der Waals surface area contributed by atoms with E-state index in [1.807, 2.05) is 31.2 Å². The molecule has 238 valence electrons. The van der Waals surface area contributed by atoms with E-state index in [-0.39, 0.29) is 0 Å². The van der Waals surface area contributed by atoms with E-state index in [2.05, 4.69) is 144 Å². The first kappa shape index (κ1) is 30.2. The molecule has 0 aliphatic heterocycles. The summed E-state index contributed by atoms with van der Waals surface area (Å²) in [4.78, 5) is 3.56. The Morgan fingerprint density at radius 3 is 1.98 bits per heavy atom. The molecule has 0 saturated carbocycles. The highest BCUT2D eigenvalue weighted by molar-refractivity contribution is 6.12. The fourth-order valence-corrected chi connectivity index (χ4v) is 7.12. The van der Waals surface area contributed by atoms with Gasteiger partial charge in [0.1, 0.15) is 6.17 Å². The second-order valence-electron chi connectivity index (χ2n) is 12.6. The van der Waals surface area contributed by atoms with Crippen molar-refractivity contribution < 1.29 is 0 Å². The van der Waals surface area contributed by atoms with Gasteiger partial charge in [-0.2, -0.15) is 0 Å². The Balaban J connectivity index is 1.22. The quantitative estimate of drug-likeness (QED) is 0.0763. The number of rotatable bonds is 8. The molecular weight excluding hydrogens is 597 g/mol. The van der Waals surface area contributed by atoms with E-state index < -0.39 is 6.17 Å². The molecule has 8 aromatic rings. The van der Waals surface area contributed by atoms with Gasteiger partial charge in [0, 0.05) is 22.6 Å². The predicted octanol–water partition coefficient (Wildman–Crippen LogP) is 10.7. The fraction of sp³-hybridized carbons (Fsp3) is 0.0667. The van der Waals surface area contributed by atoms with E-state index >= 15 is 0 Å². The number of aromatic amines is 1. The smallest absolute Gasteiger partial charge is 0.116 e. The van der Waals surface area contributed by atoms with Crippen LogP contribution in [-0.2, 0) is 6.42 Å². The zero-order chi connectivity index (χ0) is 33.3. The summed E-state index contributed by atoms with van der Waals surface area (Å²) in [6.45, 7) is 1.99. The van der Waals surface area contributed by atoms with Crippen molar-refractivity contribution in [3.8, 4) is 11.3 Å². The van der Waals surface area contributed by atoms with Crippen LogP contribution in [0.1, 0.15) is 35.5 Å². The number of H-pyrrole nitrogens is 1. The monoisotopic (exact) mass is 634 g/mol. The minimum Gasteiger partial charge on any atom is -0.398 e. The van der Waals surface area contributed by atoms with Crippen LogP contribution in [0, 0.1) is 0 Å². The second-order valence-corrected chi connectivity index (χ2v) is 12.6. The first-order valence-electron chi connectivity index (χ1n) is 16.8. The van der Waals surface area contributed by atoms with Gasteiger partial charge in [-0.25, -0.2) is 0 Å². The molecule has 0 spiro atoms. The van der Waals surface area contributed by atoms with Crippen molar-refractivity contribution in [3.05, 3.63) is 174 Å². The van der Waals surface area contributed by atoms with E-state index in [0.717, 1.165) is 45.9 Å². The third kappa shape index (κ3) is 5.73. The Morgan fingerprint density at radius 1 is 0.673 bits per heavy atom. The maximum Gasteiger partial charge on any atom is 0.116 e. The van der Waals surface area contributed by atoms with E-state index in [1.165, 1.54) is 48.7 Å². The molecule has 1 heterocycles. The normalized spacial score (nSPS) is 12.8. The van der Waals surface area contributed by atoms with Crippen LogP contribution in [0.3, 0.4) is 0 Å². The van der Waals surface area contributed by atoms with Gasteiger partial charge in [-0.15, -0.1) is 0 Å². The maximum atomic E-state index is 6.99. The van der Waals surface area contributed by atoms with Gasteiger partial charge in [-0.3, -0.25) is 0 Å². The minimum atomic E-state index is -0.488. The van der Waals surface area contributed by atoms with Crippen LogP contribution in [0.4, 0.5) is 5.69 Å². The molecule has 7 aromatic carbocycles. The fourth-order valence-electron chi connectivity index (χ4n) is 7.12. The largest absolute Gasteiger partial charge is 0.398 e. The van der Waals surface area contributed by atoms with E-state index in [9.17, 15) is 0 Å². The molecule has 0 aliphatic carbocycles. The lowest BCUT2D eigenvalue weighted by molar-refractivity contribution is 0.649. The molecule has 1 atom stereocenters. The van der Waals surface area contributed by atoms with Crippen LogP contribution in [-0.4, -0.2) is 4.98 Å². The predicted molar refractivity (Wildman–Crippen MR) is 210 cm³/mol. The van der Waals surface area contributed by atoms with Crippen molar-refractivity contribution in [1.82, 2.24) is 10.3 Å². The molecular formula is C45H38N4. The minimum absolute atomic E-state index is 0.488. The lowest BCUT2D eigenvalue weighted by Gasteiger charge is -2.20. The third-order valence-corrected chi connectivity index (χ3v) is 9.54. The average Bonchev–Trinajstić information content (AvgIpc) is 3.65. The Labute approximate surface area is 286 Å². The van der Waals surface area contributed by atoms with Crippen LogP contribution in [0.25, 0.3) is 66.1 Å². The number of nitrogens with one attached hydrogen (secondary N) is 2. The SMILES string of the molecule is C/C=C\c1ccc(-c2ccc(C(N)N/C(=C\Cc3cc4ccccc4c4ccccc34)c3cc4ccccc4c4ccccc34)[nH]2)cc1N.